The molecule has 0 fully saturated rings. The number of hydrogen-bond donors (Lipinski definition) is 1. The van der Waals surface area contributed by atoms with Crippen LogP contribution < -0.4 is 4.74 Å². The highest BCUT2D eigenvalue weighted by Gasteiger charge is 2.16. The molecule has 9 heteroatoms. The summed E-state index contributed by atoms with van der Waals surface area (Å²) in [6.07, 6.45) is 2.62. The monoisotopic (exact) mass is 516 g/mol. The van der Waals surface area contributed by atoms with Crippen LogP contribution in [0.2, 0.25) is 0 Å². The van der Waals surface area contributed by atoms with E-state index in [9.17, 15) is 0 Å². The summed E-state index contributed by atoms with van der Waals surface area (Å²) in [6, 6.07) is 20.2. The van der Waals surface area contributed by atoms with E-state index in [0.717, 1.165) is 62.5 Å². The molecule has 0 saturated heterocycles. The van der Waals surface area contributed by atoms with Crippen molar-refractivity contribution in [1.82, 2.24) is 40.1 Å². The summed E-state index contributed by atoms with van der Waals surface area (Å²) in [5, 5.41) is 14.7. The highest BCUT2D eigenvalue weighted by atomic mass is 16.5. The summed E-state index contributed by atoms with van der Waals surface area (Å²) >= 11 is 0. The van der Waals surface area contributed by atoms with Gasteiger partial charge in [0.1, 0.15) is 17.1 Å². The van der Waals surface area contributed by atoms with Gasteiger partial charge in [-0.25, -0.2) is 15.0 Å². The lowest BCUT2D eigenvalue weighted by Crippen LogP contribution is -2.05. The molecule has 0 atom stereocenters. The number of pyridine rings is 2. The van der Waals surface area contributed by atoms with Gasteiger partial charge in [0, 0.05) is 29.9 Å². The Morgan fingerprint density at radius 2 is 1.74 bits per heavy atom. The van der Waals surface area contributed by atoms with Gasteiger partial charge in [0.15, 0.2) is 5.65 Å². The van der Waals surface area contributed by atoms with Crippen LogP contribution in [0.25, 0.3) is 33.7 Å². The van der Waals surface area contributed by atoms with E-state index in [1.54, 1.807) is 6.20 Å². The largest absolute Gasteiger partial charge is 0.439 e. The number of H-pyrrole nitrogens is 1. The molecule has 4 heterocycles. The van der Waals surface area contributed by atoms with Crippen LogP contribution in [0, 0.1) is 20.8 Å². The molecule has 0 bridgehead atoms. The van der Waals surface area contributed by atoms with E-state index >= 15 is 0 Å². The molecule has 0 aliphatic rings. The Labute approximate surface area is 225 Å². The van der Waals surface area contributed by atoms with Gasteiger partial charge in [-0.05, 0) is 78.1 Å². The van der Waals surface area contributed by atoms with Crippen molar-refractivity contribution in [3.63, 3.8) is 0 Å². The highest BCUT2D eigenvalue weighted by molar-refractivity contribution is 5.82. The van der Waals surface area contributed by atoms with Crippen molar-refractivity contribution < 1.29 is 4.74 Å². The summed E-state index contributed by atoms with van der Waals surface area (Å²) in [4.78, 5) is 14.1. The molecule has 0 aliphatic heterocycles. The summed E-state index contributed by atoms with van der Waals surface area (Å²) in [7, 11) is 0. The van der Waals surface area contributed by atoms with Crippen molar-refractivity contribution in [2.24, 2.45) is 0 Å². The van der Waals surface area contributed by atoms with Crippen molar-refractivity contribution in [1.29, 1.82) is 0 Å². The molecule has 39 heavy (non-hydrogen) atoms. The molecule has 9 nitrogen and oxygen atoms in total. The lowest BCUT2D eigenvalue weighted by molar-refractivity contribution is 0.463. The summed E-state index contributed by atoms with van der Waals surface area (Å²) in [6.45, 7) is 8.93. The van der Waals surface area contributed by atoms with Crippen molar-refractivity contribution in [2.45, 2.75) is 40.7 Å². The summed E-state index contributed by atoms with van der Waals surface area (Å²) in [5.74, 6) is 2.76. The first-order valence-electron chi connectivity index (χ1n) is 12.9. The molecule has 0 saturated carbocycles. The minimum atomic E-state index is 0.517. The fourth-order valence-corrected chi connectivity index (χ4v) is 4.79. The predicted molar refractivity (Wildman–Crippen MR) is 150 cm³/mol. The van der Waals surface area contributed by atoms with E-state index in [0.29, 0.717) is 24.0 Å². The van der Waals surface area contributed by atoms with Gasteiger partial charge in [-0.3, -0.25) is 0 Å². The SMILES string of the molecule is CCc1nc2c(C)cc(C)nc2n1Cc1ccc(-c2cc(Oc3ccc(C)cn3)ccc2-c2nn[nH]n2)cc1. The molecule has 0 aliphatic carbocycles. The number of ether oxygens (including phenoxy) is 1. The van der Waals surface area contributed by atoms with Gasteiger partial charge in [-0.15, -0.1) is 10.2 Å². The molecule has 6 aromatic rings. The smallest absolute Gasteiger partial charge is 0.219 e. The number of aromatic amines is 1. The van der Waals surface area contributed by atoms with Gasteiger partial charge < -0.3 is 9.30 Å². The maximum atomic E-state index is 6.05. The Morgan fingerprint density at radius 3 is 2.46 bits per heavy atom. The number of nitrogens with one attached hydrogen (secondary N) is 1. The quantitative estimate of drug-likeness (QED) is 0.277. The van der Waals surface area contributed by atoms with E-state index in [4.69, 9.17) is 14.7 Å². The van der Waals surface area contributed by atoms with Gasteiger partial charge in [-0.1, -0.05) is 37.3 Å². The summed E-state index contributed by atoms with van der Waals surface area (Å²) < 4.78 is 8.28. The van der Waals surface area contributed by atoms with Crippen LogP contribution >= 0.6 is 0 Å². The second-order valence-electron chi connectivity index (χ2n) is 9.64. The minimum absolute atomic E-state index is 0.517. The van der Waals surface area contributed by atoms with Crippen molar-refractivity contribution in [3.05, 3.63) is 95.1 Å². The van der Waals surface area contributed by atoms with Crippen LogP contribution in [0.1, 0.15) is 35.1 Å². The molecule has 194 valence electrons. The lowest BCUT2D eigenvalue weighted by atomic mass is 9.98. The number of imidazole rings is 1. The third-order valence-corrected chi connectivity index (χ3v) is 6.71. The van der Waals surface area contributed by atoms with E-state index in [2.05, 4.69) is 74.4 Å². The Hall–Kier alpha value is -4.92. The van der Waals surface area contributed by atoms with Crippen LogP contribution in [0.3, 0.4) is 0 Å². The predicted octanol–water partition coefficient (Wildman–Crippen LogP) is 6.00. The average molecular weight is 517 g/mol. The molecule has 0 spiro atoms. The van der Waals surface area contributed by atoms with Gasteiger partial charge >= 0.3 is 0 Å². The number of nitrogens with zero attached hydrogens (tertiary/aromatic N) is 7. The number of aryl methyl sites for hydroxylation is 4. The van der Waals surface area contributed by atoms with Crippen LogP contribution in [0.5, 0.6) is 11.6 Å². The van der Waals surface area contributed by atoms with E-state index < -0.39 is 0 Å². The standard InChI is InChI=1S/C30H28N8O/c1-5-26-33-28-19(3)14-20(4)32-30(28)38(26)17-21-7-9-22(10-8-21)25-15-23(39-27-13-6-18(2)16-31-27)11-12-24(25)29-34-36-37-35-29/h6-16H,5,17H2,1-4H3,(H,34,35,36,37). The number of benzene rings is 2. The average Bonchev–Trinajstić information content (AvgIpc) is 3.59. The molecular formula is C30H28N8O. The first-order chi connectivity index (χ1) is 19.0. The molecular weight excluding hydrogens is 488 g/mol. The highest BCUT2D eigenvalue weighted by Crippen LogP contribution is 2.35. The lowest BCUT2D eigenvalue weighted by Gasteiger charge is -2.12. The van der Waals surface area contributed by atoms with E-state index in [1.807, 2.05) is 44.2 Å². The third-order valence-electron chi connectivity index (χ3n) is 6.71. The number of rotatable bonds is 7. The summed E-state index contributed by atoms with van der Waals surface area (Å²) in [5.41, 5.74) is 9.08. The van der Waals surface area contributed by atoms with Crippen LogP contribution in [-0.2, 0) is 13.0 Å². The number of tetrazole rings is 1. The number of hydrogen-bond acceptors (Lipinski definition) is 7. The van der Waals surface area contributed by atoms with Crippen molar-refractivity contribution in [2.75, 3.05) is 0 Å². The van der Waals surface area contributed by atoms with Crippen molar-refractivity contribution in [3.8, 4) is 34.1 Å². The second kappa shape index (κ2) is 10.1. The fourth-order valence-electron chi connectivity index (χ4n) is 4.79. The Morgan fingerprint density at radius 1 is 0.897 bits per heavy atom. The zero-order chi connectivity index (χ0) is 26.9. The Kier molecular flexibility index (Phi) is 6.32. The topological polar surface area (TPSA) is 107 Å². The van der Waals surface area contributed by atoms with E-state index in [-0.39, 0.29) is 0 Å². The molecule has 6 rings (SSSR count). The number of aromatic nitrogens is 8. The minimum Gasteiger partial charge on any atom is -0.439 e. The Bertz CT molecular complexity index is 1750. The van der Waals surface area contributed by atoms with Gasteiger partial charge in [-0.2, -0.15) is 5.21 Å². The fraction of sp³-hybridized carbons (Fsp3) is 0.200. The van der Waals surface area contributed by atoms with Crippen LogP contribution in [-0.4, -0.2) is 40.1 Å². The van der Waals surface area contributed by atoms with Crippen LogP contribution in [0.15, 0.2) is 66.9 Å². The van der Waals surface area contributed by atoms with E-state index in [1.165, 1.54) is 0 Å². The van der Waals surface area contributed by atoms with Crippen LogP contribution in [0.4, 0.5) is 0 Å². The van der Waals surface area contributed by atoms with Gasteiger partial charge in [0.2, 0.25) is 11.7 Å². The maximum Gasteiger partial charge on any atom is 0.219 e. The third kappa shape index (κ3) is 4.86. The second-order valence-corrected chi connectivity index (χ2v) is 9.64. The maximum absolute atomic E-state index is 6.05. The Balaban J connectivity index is 1.35. The first kappa shape index (κ1) is 24.4. The molecule has 1 N–H and O–H groups in total. The first-order valence-corrected chi connectivity index (χ1v) is 12.9. The van der Waals surface area contributed by atoms with Gasteiger partial charge in [0.25, 0.3) is 0 Å². The molecule has 0 radical (unpaired) electrons. The van der Waals surface area contributed by atoms with Crippen molar-refractivity contribution >= 4 is 11.2 Å². The zero-order valence-corrected chi connectivity index (χ0v) is 22.3. The normalized spacial score (nSPS) is 11.3. The molecule has 0 unspecified atom stereocenters. The molecule has 4 aromatic heterocycles. The molecule has 2 aromatic carbocycles. The molecule has 0 amide bonds. The number of fused-ring (bicyclic) bond motifs is 1. The zero-order valence-electron chi connectivity index (χ0n) is 22.3. The van der Waals surface area contributed by atoms with Gasteiger partial charge in [0.05, 0.1) is 6.54 Å².